The fourth-order valence-electron chi connectivity index (χ4n) is 12.7. The lowest BCUT2D eigenvalue weighted by Gasteiger charge is -2.49. The fourth-order valence-corrected chi connectivity index (χ4v) is 13.8. The molecule has 0 unspecified atom stereocenters. The molecule has 0 amide bonds. The van der Waals surface area contributed by atoms with E-state index in [1.807, 2.05) is 11.3 Å². The number of hydrogen-bond donors (Lipinski definition) is 0. The highest BCUT2D eigenvalue weighted by Gasteiger charge is 2.59. The summed E-state index contributed by atoms with van der Waals surface area (Å²) in [5.41, 5.74) is 19.5. The summed E-state index contributed by atoms with van der Waals surface area (Å²) >= 11 is 1.90. The van der Waals surface area contributed by atoms with Crippen molar-refractivity contribution >= 4 is 42.3 Å². The Labute approximate surface area is 392 Å². The maximum absolute atomic E-state index is 5.58. The van der Waals surface area contributed by atoms with Gasteiger partial charge in [0.2, 0.25) is 0 Å². The van der Waals surface area contributed by atoms with Crippen LogP contribution in [0.5, 0.6) is 0 Å². The summed E-state index contributed by atoms with van der Waals surface area (Å²) in [4.78, 5) is 10.9. The number of aromatic nitrogens is 2. The number of nitrogens with zero attached hydrogens (tertiary/aromatic N) is 2. The van der Waals surface area contributed by atoms with E-state index in [2.05, 4.69) is 231 Å². The Kier molecular flexibility index (Phi) is 7.54. The van der Waals surface area contributed by atoms with Crippen molar-refractivity contribution in [3.8, 4) is 56.2 Å². The van der Waals surface area contributed by atoms with Crippen LogP contribution in [0, 0.1) is 0 Å². The van der Waals surface area contributed by atoms with E-state index in [1.54, 1.807) is 0 Å². The standard InChI is InChI=1S/C64H38N2S/c1-2-18-40(19-3-1)55-38-56(66-62(65-55)42-34-33-39-17-4-5-20-41(39)37-42)45-24-16-31-54-59(45)47-35-36-58-60(46-23-8-15-32-57(46)67-58)61(47)64(54)52-29-13-11-27-50(52)63(51-28-12-14-30-53(51)64)48-25-9-6-21-43(48)44-22-7-10-26-49(44)63/h1-38H. The smallest absolute Gasteiger partial charge is 0.160 e. The first-order valence-electron chi connectivity index (χ1n) is 23.1. The molecule has 0 N–H and O–H groups in total. The van der Waals surface area contributed by atoms with Gasteiger partial charge in [-0.15, -0.1) is 11.3 Å². The second-order valence-corrected chi connectivity index (χ2v) is 19.3. The van der Waals surface area contributed by atoms with E-state index in [0.29, 0.717) is 5.82 Å². The third-order valence-corrected chi connectivity index (χ3v) is 16.3. The number of rotatable bonds is 3. The van der Waals surface area contributed by atoms with Gasteiger partial charge < -0.3 is 0 Å². The zero-order valence-electron chi connectivity index (χ0n) is 36.2. The minimum absolute atomic E-state index is 0.525. The Hall–Kier alpha value is -8.24. The molecule has 0 fully saturated rings. The topological polar surface area (TPSA) is 25.8 Å². The van der Waals surface area contributed by atoms with Crippen LogP contribution >= 0.6 is 11.3 Å². The molecule has 2 nitrogen and oxygen atoms in total. The maximum atomic E-state index is 5.58. The Bertz CT molecular complexity index is 3970. The van der Waals surface area contributed by atoms with Gasteiger partial charge in [-0.05, 0) is 102 Å². The van der Waals surface area contributed by atoms with Crippen molar-refractivity contribution in [2.75, 3.05) is 0 Å². The van der Waals surface area contributed by atoms with Gasteiger partial charge in [-0.25, -0.2) is 9.97 Å². The number of hydrogen-bond acceptors (Lipinski definition) is 3. The second-order valence-electron chi connectivity index (χ2n) is 18.3. The van der Waals surface area contributed by atoms with Gasteiger partial charge in [0.1, 0.15) is 0 Å². The Morgan fingerprint density at radius 2 is 0.896 bits per heavy atom. The molecule has 15 rings (SSSR count). The number of fused-ring (bicyclic) bond motifs is 21. The first-order chi connectivity index (χ1) is 33.2. The van der Waals surface area contributed by atoms with Gasteiger partial charge in [-0.1, -0.05) is 206 Å². The minimum atomic E-state index is -0.675. The molecule has 2 heterocycles. The van der Waals surface area contributed by atoms with Crippen molar-refractivity contribution in [2.45, 2.75) is 10.8 Å². The highest BCUT2D eigenvalue weighted by molar-refractivity contribution is 7.25. The van der Waals surface area contributed by atoms with Crippen molar-refractivity contribution < 1.29 is 0 Å². The number of benzene rings is 10. The van der Waals surface area contributed by atoms with Gasteiger partial charge in [0, 0.05) is 36.9 Å². The van der Waals surface area contributed by atoms with Crippen LogP contribution in [0.15, 0.2) is 231 Å². The first-order valence-corrected chi connectivity index (χ1v) is 24.0. The Balaban J connectivity index is 1.09. The summed E-state index contributed by atoms with van der Waals surface area (Å²) in [7, 11) is 0. The average Bonchev–Trinajstić information content (AvgIpc) is 4.03. The highest BCUT2D eigenvalue weighted by atomic mass is 32.1. The monoisotopic (exact) mass is 866 g/mol. The van der Waals surface area contributed by atoms with Crippen LogP contribution in [0.1, 0.15) is 44.5 Å². The molecule has 2 spiro atoms. The SMILES string of the molecule is c1ccc(-c2cc(-c3cccc4c3-c3ccc5sc6ccccc6c5c3C43c4ccccc4C4(c5ccccc5-c5ccccc54)c4ccccc43)nc(-c3ccc4ccccc4c3)n2)cc1. The van der Waals surface area contributed by atoms with Crippen molar-refractivity contribution in [1.29, 1.82) is 0 Å². The Morgan fingerprint density at radius 3 is 1.63 bits per heavy atom. The van der Waals surface area contributed by atoms with E-state index < -0.39 is 10.8 Å². The van der Waals surface area contributed by atoms with E-state index >= 15 is 0 Å². The van der Waals surface area contributed by atoms with Crippen LogP contribution < -0.4 is 0 Å². The van der Waals surface area contributed by atoms with Gasteiger partial charge in [0.05, 0.1) is 22.2 Å². The molecule has 0 saturated carbocycles. The molecule has 0 radical (unpaired) electrons. The first kappa shape index (κ1) is 37.0. The summed E-state index contributed by atoms with van der Waals surface area (Å²) in [6, 6.07) is 85.8. The largest absolute Gasteiger partial charge is 0.228 e. The highest BCUT2D eigenvalue weighted by Crippen LogP contribution is 2.69. The summed E-state index contributed by atoms with van der Waals surface area (Å²) < 4.78 is 2.60. The van der Waals surface area contributed by atoms with E-state index in [-0.39, 0.29) is 0 Å². The van der Waals surface area contributed by atoms with Crippen molar-refractivity contribution in [1.82, 2.24) is 9.97 Å². The second kappa shape index (κ2) is 13.6. The molecule has 12 aromatic rings. The molecular formula is C64H38N2S. The normalized spacial score (nSPS) is 14.2. The Morgan fingerprint density at radius 1 is 0.328 bits per heavy atom. The maximum Gasteiger partial charge on any atom is 0.160 e. The predicted molar refractivity (Wildman–Crippen MR) is 277 cm³/mol. The molecule has 3 aliphatic carbocycles. The van der Waals surface area contributed by atoms with Gasteiger partial charge in [-0.2, -0.15) is 0 Å². The van der Waals surface area contributed by atoms with Crippen molar-refractivity contribution in [3.63, 3.8) is 0 Å². The molecule has 3 heteroatoms. The average molecular weight is 867 g/mol. The zero-order valence-corrected chi connectivity index (χ0v) is 37.1. The molecule has 0 bridgehead atoms. The fraction of sp³-hybridized carbons (Fsp3) is 0.0312. The minimum Gasteiger partial charge on any atom is -0.228 e. The summed E-state index contributed by atoms with van der Waals surface area (Å²) in [6.45, 7) is 0. The van der Waals surface area contributed by atoms with Crippen LogP contribution in [-0.4, -0.2) is 9.97 Å². The lowest BCUT2D eigenvalue weighted by molar-refractivity contribution is 0.635. The molecule has 310 valence electrons. The molecule has 3 aliphatic rings. The van der Waals surface area contributed by atoms with E-state index in [1.165, 1.54) is 97.7 Å². The molecule has 10 aromatic carbocycles. The lowest BCUT2D eigenvalue weighted by atomic mass is 9.52. The molecule has 0 saturated heterocycles. The molecule has 2 aromatic heterocycles. The van der Waals surface area contributed by atoms with Gasteiger partial charge in [0.15, 0.2) is 5.82 Å². The van der Waals surface area contributed by atoms with Crippen LogP contribution in [0.3, 0.4) is 0 Å². The predicted octanol–water partition coefficient (Wildman–Crippen LogP) is 16.0. The van der Waals surface area contributed by atoms with Crippen LogP contribution in [0.4, 0.5) is 0 Å². The van der Waals surface area contributed by atoms with E-state index in [0.717, 1.165) is 28.1 Å². The molecule has 0 atom stereocenters. The van der Waals surface area contributed by atoms with Crippen molar-refractivity contribution in [3.05, 3.63) is 275 Å². The van der Waals surface area contributed by atoms with Crippen LogP contribution in [-0.2, 0) is 10.8 Å². The third-order valence-electron chi connectivity index (χ3n) is 15.2. The third kappa shape index (κ3) is 4.78. The van der Waals surface area contributed by atoms with E-state index in [4.69, 9.17) is 9.97 Å². The van der Waals surface area contributed by atoms with Crippen LogP contribution in [0.2, 0.25) is 0 Å². The molecule has 0 aliphatic heterocycles. The van der Waals surface area contributed by atoms with Gasteiger partial charge in [-0.3, -0.25) is 0 Å². The van der Waals surface area contributed by atoms with E-state index in [9.17, 15) is 0 Å². The summed E-state index contributed by atoms with van der Waals surface area (Å²) in [6.07, 6.45) is 0. The lowest BCUT2D eigenvalue weighted by Crippen LogP contribution is -2.43. The molecular weight excluding hydrogens is 829 g/mol. The quantitative estimate of drug-likeness (QED) is 0.177. The van der Waals surface area contributed by atoms with Gasteiger partial charge >= 0.3 is 0 Å². The summed E-state index contributed by atoms with van der Waals surface area (Å²) in [5.74, 6) is 0.709. The van der Waals surface area contributed by atoms with Crippen LogP contribution in [0.25, 0.3) is 87.1 Å². The van der Waals surface area contributed by atoms with Crippen molar-refractivity contribution in [2.24, 2.45) is 0 Å². The number of thiophene rings is 1. The summed E-state index contributed by atoms with van der Waals surface area (Å²) in [5, 5.41) is 4.99. The molecule has 67 heavy (non-hydrogen) atoms. The van der Waals surface area contributed by atoms with Gasteiger partial charge in [0.25, 0.3) is 0 Å². The zero-order chi connectivity index (χ0) is 43.8.